The normalized spacial score (nSPS) is 20.7. The maximum atomic E-state index is 12.8. The summed E-state index contributed by atoms with van der Waals surface area (Å²) in [6, 6.07) is 4.96. The second kappa shape index (κ2) is 8.42. The molecule has 2 atom stereocenters. The molecule has 2 rings (SSSR count). The number of hydrogen-bond acceptors (Lipinski definition) is 4. The Morgan fingerprint density at radius 1 is 1.08 bits per heavy atom. The molecule has 1 aliphatic carbocycles. The number of carbonyl (C=O) groups excluding carboxylic acids is 2. The van der Waals surface area contributed by atoms with E-state index in [2.05, 4.69) is 10.6 Å². The highest BCUT2D eigenvalue weighted by Crippen LogP contribution is 2.23. The van der Waals surface area contributed by atoms with Gasteiger partial charge in [-0.15, -0.1) is 0 Å². The van der Waals surface area contributed by atoms with Crippen LogP contribution in [0, 0.1) is 11.7 Å². The first-order valence-corrected chi connectivity index (χ1v) is 10.1. The van der Waals surface area contributed by atoms with Gasteiger partial charge in [0.25, 0.3) is 0 Å². The highest BCUT2D eigenvalue weighted by atomic mass is 32.2. The molecule has 2 amide bonds. The number of hydrogen-bond donors (Lipinski definition) is 2. The molecular formula is C17H23FN2O4S. The lowest BCUT2D eigenvalue weighted by atomic mass is 9.86. The predicted molar refractivity (Wildman–Crippen MR) is 93.2 cm³/mol. The lowest BCUT2D eigenvalue weighted by Crippen LogP contribution is -2.44. The zero-order valence-corrected chi connectivity index (χ0v) is 14.9. The number of sulfone groups is 1. The summed E-state index contributed by atoms with van der Waals surface area (Å²) >= 11 is 0. The van der Waals surface area contributed by atoms with Crippen LogP contribution in [0.15, 0.2) is 24.3 Å². The molecule has 1 aromatic carbocycles. The van der Waals surface area contributed by atoms with Crippen molar-refractivity contribution in [3.63, 3.8) is 0 Å². The van der Waals surface area contributed by atoms with Gasteiger partial charge in [-0.1, -0.05) is 19.8 Å². The predicted octanol–water partition coefficient (Wildman–Crippen LogP) is 1.87. The van der Waals surface area contributed by atoms with Gasteiger partial charge < -0.3 is 10.6 Å². The maximum absolute atomic E-state index is 12.8. The SMILES string of the molecule is CC1CCCCC1NC(=O)CS(=O)(=O)CC(=O)Nc1ccc(F)cc1. The van der Waals surface area contributed by atoms with E-state index < -0.39 is 39.0 Å². The average molecular weight is 370 g/mol. The number of nitrogens with one attached hydrogen (secondary N) is 2. The van der Waals surface area contributed by atoms with Gasteiger partial charge in [-0.2, -0.15) is 0 Å². The Morgan fingerprint density at radius 2 is 1.68 bits per heavy atom. The molecule has 0 aromatic heterocycles. The quantitative estimate of drug-likeness (QED) is 0.800. The molecule has 2 N–H and O–H groups in total. The number of benzene rings is 1. The molecule has 8 heteroatoms. The number of rotatable bonds is 6. The number of anilines is 1. The van der Waals surface area contributed by atoms with Crippen LogP contribution < -0.4 is 10.6 Å². The van der Waals surface area contributed by atoms with E-state index >= 15 is 0 Å². The molecule has 0 aliphatic heterocycles. The molecular weight excluding hydrogens is 347 g/mol. The van der Waals surface area contributed by atoms with Gasteiger partial charge in [0.05, 0.1) is 0 Å². The minimum absolute atomic E-state index is 0.00973. The summed E-state index contributed by atoms with van der Waals surface area (Å²) in [5.74, 6) is -2.98. The Balaban J connectivity index is 1.84. The van der Waals surface area contributed by atoms with E-state index in [1.165, 1.54) is 12.1 Å². The lowest BCUT2D eigenvalue weighted by molar-refractivity contribution is -0.119. The van der Waals surface area contributed by atoms with E-state index in [0.717, 1.165) is 37.8 Å². The first kappa shape index (κ1) is 19.4. The van der Waals surface area contributed by atoms with Crippen molar-refractivity contribution in [3.05, 3.63) is 30.1 Å². The van der Waals surface area contributed by atoms with Crippen molar-refractivity contribution in [2.45, 2.75) is 38.6 Å². The molecule has 2 unspecified atom stereocenters. The van der Waals surface area contributed by atoms with Crippen LogP contribution >= 0.6 is 0 Å². The summed E-state index contributed by atoms with van der Waals surface area (Å²) in [7, 11) is -3.87. The van der Waals surface area contributed by atoms with Gasteiger partial charge in [-0.05, 0) is 43.0 Å². The van der Waals surface area contributed by atoms with Gasteiger partial charge >= 0.3 is 0 Å². The second-order valence-electron chi connectivity index (χ2n) is 6.52. The van der Waals surface area contributed by atoms with Gasteiger partial charge in [0.1, 0.15) is 17.3 Å². The largest absolute Gasteiger partial charge is 0.352 e. The van der Waals surface area contributed by atoms with Crippen LogP contribution in [0.1, 0.15) is 32.6 Å². The van der Waals surface area contributed by atoms with Crippen molar-refractivity contribution < 1.29 is 22.4 Å². The summed E-state index contributed by atoms with van der Waals surface area (Å²) in [5, 5.41) is 5.13. The van der Waals surface area contributed by atoms with Crippen LogP contribution in [0.25, 0.3) is 0 Å². The van der Waals surface area contributed by atoms with Gasteiger partial charge in [0.15, 0.2) is 9.84 Å². The standard InChI is InChI=1S/C17H23FN2O4S/c1-12-4-2-3-5-15(12)20-17(22)11-25(23,24)10-16(21)19-14-8-6-13(18)7-9-14/h6-9,12,15H,2-5,10-11H2,1H3,(H,19,21)(H,20,22). The maximum Gasteiger partial charge on any atom is 0.239 e. The van der Waals surface area contributed by atoms with Crippen molar-refractivity contribution in [2.75, 3.05) is 16.8 Å². The Hall–Kier alpha value is -1.96. The van der Waals surface area contributed by atoms with Crippen molar-refractivity contribution in [3.8, 4) is 0 Å². The average Bonchev–Trinajstić information content (AvgIpc) is 2.50. The molecule has 1 aromatic rings. The number of carbonyl (C=O) groups is 2. The van der Waals surface area contributed by atoms with Crippen molar-refractivity contribution in [1.82, 2.24) is 5.32 Å². The van der Waals surface area contributed by atoms with Crippen LogP contribution in [0.4, 0.5) is 10.1 Å². The van der Waals surface area contributed by atoms with E-state index in [1.807, 2.05) is 6.92 Å². The van der Waals surface area contributed by atoms with Gasteiger partial charge in [0.2, 0.25) is 11.8 Å². The Kier molecular flexibility index (Phi) is 6.52. The summed E-state index contributed by atoms with van der Waals surface area (Å²) in [6.45, 7) is 2.04. The van der Waals surface area contributed by atoms with Gasteiger partial charge in [-0.25, -0.2) is 12.8 Å². The monoisotopic (exact) mass is 370 g/mol. The number of amides is 2. The third-order valence-corrected chi connectivity index (χ3v) is 5.69. The van der Waals surface area contributed by atoms with Gasteiger partial charge in [0, 0.05) is 11.7 Å². The molecule has 138 valence electrons. The van der Waals surface area contributed by atoms with Crippen LogP contribution in [0.5, 0.6) is 0 Å². The molecule has 1 fully saturated rings. The zero-order valence-electron chi connectivity index (χ0n) is 14.1. The van der Waals surface area contributed by atoms with Crippen molar-refractivity contribution >= 4 is 27.3 Å². The van der Waals surface area contributed by atoms with Crippen LogP contribution in [0.3, 0.4) is 0 Å². The third kappa shape index (κ3) is 6.45. The summed E-state index contributed by atoms with van der Waals surface area (Å²) in [5.41, 5.74) is 0.294. The van der Waals surface area contributed by atoms with Crippen molar-refractivity contribution in [1.29, 1.82) is 0 Å². The minimum Gasteiger partial charge on any atom is -0.352 e. The van der Waals surface area contributed by atoms with Crippen LogP contribution in [0.2, 0.25) is 0 Å². The first-order chi connectivity index (χ1) is 11.7. The molecule has 0 saturated heterocycles. The number of halogens is 1. The Bertz CT molecular complexity index is 719. The first-order valence-electron chi connectivity index (χ1n) is 8.30. The topological polar surface area (TPSA) is 92.3 Å². The smallest absolute Gasteiger partial charge is 0.239 e. The fourth-order valence-electron chi connectivity index (χ4n) is 2.96. The fraction of sp³-hybridized carbons (Fsp3) is 0.529. The summed E-state index contributed by atoms with van der Waals surface area (Å²) < 4.78 is 36.9. The van der Waals surface area contributed by atoms with E-state index in [0.29, 0.717) is 11.6 Å². The molecule has 25 heavy (non-hydrogen) atoms. The van der Waals surface area contributed by atoms with Crippen molar-refractivity contribution in [2.24, 2.45) is 5.92 Å². The second-order valence-corrected chi connectivity index (χ2v) is 8.59. The molecule has 0 radical (unpaired) electrons. The third-order valence-electron chi connectivity index (χ3n) is 4.29. The van der Waals surface area contributed by atoms with E-state index in [9.17, 15) is 22.4 Å². The molecule has 1 aliphatic rings. The fourth-order valence-corrected chi connectivity index (χ4v) is 4.02. The minimum atomic E-state index is -3.87. The molecule has 1 saturated carbocycles. The molecule has 0 bridgehead atoms. The molecule has 6 nitrogen and oxygen atoms in total. The Labute approximate surface area is 147 Å². The zero-order chi connectivity index (χ0) is 18.4. The van der Waals surface area contributed by atoms with E-state index in [4.69, 9.17) is 0 Å². The van der Waals surface area contributed by atoms with E-state index in [1.54, 1.807) is 0 Å². The molecule has 0 heterocycles. The highest BCUT2D eigenvalue weighted by molar-refractivity contribution is 7.92. The highest BCUT2D eigenvalue weighted by Gasteiger charge is 2.26. The Morgan fingerprint density at radius 3 is 2.32 bits per heavy atom. The lowest BCUT2D eigenvalue weighted by Gasteiger charge is -2.29. The van der Waals surface area contributed by atoms with Crippen LogP contribution in [-0.4, -0.2) is 37.8 Å². The van der Waals surface area contributed by atoms with Gasteiger partial charge in [-0.3, -0.25) is 9.59 Å². The van der Waals surface area contributed by atoms with Crippen LogP contribution in [-0.2, 0) is 19.4 Å². The summed E-state index contributed by atoms with van der Waals surface area (Å²) in [6.07, 6.45) is 3.99. The molecule has 0 spiro atoms. The summed E-state index contributed by atoms with van der Waals surface area (Å²) in [4.78, 5) is 23.8. The van der Waals surface area contributed by atoms with E-state index in [-0.39, 0.29) is 6.04 Å².